The summed E-state index contributed by atoms with van der Waals surface area (Å²) in [6.07, 6.45) is 0. The maximum Gasteiger partial charge on any atom is 0.260 e. The Hall–Kier alpha value is -2.05. The summed E-state index contributed by atoms with van der Waals surface area (Å²) in [5.41, 5.74) is 1.46. The SMILES string of the molecule is O=C1c2ccccc2OCC12OC1=C(COc3ccccc31)SS2. The van der Waals surface area contributed by atoms with Gasteiger partial charge in [0.1, 0.15) is 30.5 Å². The summed E-state index contributed by atoms with van der Waals surface area (Å²) >= 11 is 0. The smallest absolute Gasteiger partial charge is 0.260 e. The van der Waals surface area contributed by atoms with E-state index in [2.05, 4.69) is 0 Å². The van der Waals surface area contributed by atoms with E-state index in [1.54, 1.807) is 6.07 Å². The maximum absolute atomic E-state index is 13.1. The first kappa shape index (κ1) is 14.3. The number of rotatable bonds is 0. The highest BCUT2D eigenvalue weighted by Gasteiger charge is 2.51. The lowest BCUT2D eigenvalue weighted by Crippen LogP contribution is -2.47. The molecule has 2 aromatic rings. The molecule has 0 aromatic heterocycles. The van der Waals surface area contributed by atoms with Gasteiger partial charge in [0.15, 0.2) is 0 Å². The number of hydrogen-bond acceptors (Lipinski definition) is 6. The minimum atomic E-state index is -1.05. The molecular weight excluding hydrogens is 344 g/mol. The van der Waals surface area contributed by atoms with Crippen molar-refractivity contribution in [2.45, 2.75) is 4.93 Å². The van der Waals surface area contributed by atoms with E-state index >= 15 is 0 Å². The summed E-state index contributed by atoms with van der Waals surface area (Å²) in [5, 5.41) is 0. The molecule has 0 radical (unpaired) electrons. The van der Waals surface area contributed by atoms with Crippen LogP contribution >= 0.6 is 21.6 Å². The summed E-state index contributed by atoms with van der Waals surface area (Å²) in [5.74, 6) is 2.09. The van der Waals surface area contributed by atoms with Crippen LogP contribution in [-0.2, 0) is 4.74 Å². The number of fused-ring (bicyclic) bond motifs is 3. The molecule has 2 aromatic carbocycles. The maximum atomic E-state index is 13.1. The van der Waals surface area contributed by atoms with Gasteiger partial charge in [-0.2, -0.15) is 0 Å². The first-order valence-corrected chi connectivity index (χ1v) is 9.68. The normalized spacial score (nSPS) is 24.2. The van der Waals surface area contributed by atoms with Crippen LogP contribution in [-0.4, -0.2) is 23.9 Å². The van der Waals surface area contributed by atoms with Crippen molar-refractivity contribution in [3.63, 3.8) is 0 Å². The monoisotopic (exact) mass is 356 g/mol. The van der Waals surface area contributed by atoms with Crippen molar-refractivity contribution in [3.05, 3.63) is 64.6 Å². The van der Waals surface area contributed by atoms with E-state index in [-0.39, 0.29) is 12.4 Å². The number of hydrogen-bond donors (Lipinski definition) is 0. The number of para-hydroxylation sites is 2. The van der Waals surface area contributed by atoms with E-state index < -0.39 is 4.93 Å². The minimum absolute atomic E-state index is 0.0441. The Morgan fingerprint density at radius 1 is 0.917 bits per heavy atom. The third kappa shape index (κ3) is 1.99. The first-order valence-electron chi connectivity index (χ1n) is 7.53. The molecule has 120 valence electrons. The molecule has 3 aliphatic rings. The second-order valence-corrected chi connectivity index (χ2v) is 8.16. The predicted octanol–water partition coefficient (Wildman–Crippen LogP) is 4.13. The van der Waals surface area contributed by atoms with Gasteiger partial charge in [0.05, 0.1) is 16.0 Å². The van der Waals surface area contributed by atoms with Gasteiger partial charge in [-0.15, -0.1) is 0 Å². The fourth-order valence-corrected chi connectivity index (χ4v) is 5.50. The zero-order valence-corrected chi connectivity index (χ0v) is 14.1. The average molecular weight is 356 g/mol. The molecule has 1 unspecified atom stereocenters. The van der Waals surface area contributed by atoms with Gasteiger partial charge in [0.25, 0.3) is 4.93 Å². The highest BCUT2D eigenvalue weighted by molar-refractivity contribution is 8.78. The first-order chi connectivity index (χ1) is 11.8. The number of carbonyl (C=O) groups excluding carboxylic acids is 1. The summed E-state index contributed by atoms with van der Waals surface area (Å²) < 4.78 is 17.9. The fourth-order valence-electron chi connectivity index (χ4n) is 2.97. The van der Waals surface area contributed by atoms with Crippen LogP contribution in [0.2, 0.25) is 0 Å². The molecular formula is C18H12O4S2. The minimum Gasteiger partial charge on any atom is -0.487 e. The van der Waals surface area contributed by atoms with E-state index in [9.17, 15) is 4.79 Å². The Kier molecular flexibility index (Phi) is 3.11. The molecule has 1 spiro atoms. The lowest BCUT2D eigenvalue weighted by Gasteiger charge is -2.40. The van der Waals surface area contributed by atoms with Crippen LogP contribution in [0.15, 0.2) is 53.4 Å². The molecule has 24 heavy (non-hydrogen) atoms. The Morgan fingerprint density at radius 3 is 2.46 bits per heavy atom. The molecule has 3 heterocycles. The topological polar surface area (TPSA) is 44.8 Å². The lowest BCUT2D eigenvalue weighted by molar-refractivity contribution is 0.0419. The van der Waals surface area contributed by atoms with Crippen molar-refractivity contribution in [1.29, 1.82) is 0 Å². The highest BCUT2D eigenvalue weighted by Crippen LogP contribution is 2.56. The van der Waals surface area contributed by atoms with E-state index in [1.807, 2.05) is 42.5 Å². The van der Waals surface area contributed by atoms with E-state index in [0.29, 0.717) is 17.9 Å². The van der Waals surface area contributed by atoms with Gasteiger partial charge >= 0.3 is 0 Å². The second kappa shape index (κ2) is 5.22. The molecule has 0 saturated carbocycles. The quantitative estimate of drug-likeness (QED) is 0.662. The van der Waals surface area contributed by atoms with Crippen LogP contribution in [0.25, 0.3) is 5.76 Å². The van der Waals surface area contributed by atoms with Crippen LogP contribution in [0.5, 0.6) is 11.5 Å². The molecule has 5 rings (SSSR count). The summed E-state index contributed by atoms with van der Waals surface area (Å²) in [6, 6.07) is 15.0. The van der Waals surface area contributed by atoms with Crippen LogP contribution in [0.3, 0.4) is 0 Å². The summed E-state index contributed by atoms with van der Waals surface area (Å²) in [4.78, 5) is 13.0. The van der Waals surface area contributed by atoms with E-state index in [4.69, 9.17) is 14.2 Å². The zero-order valence-electron chi connectivity index (χ0n) is 12.5. The van der Waals surface area contributed by atoms with Crippen LogP contribution in [0.1, 0.15) is 15.9 Å². The van der Waals surface area contributed by atoms with Crippen LogP contribution in [0.4, 0.5) is 0 Å². The molecule has 1 atom stereocenters. The number of carbonyl (C=O) groups is 1. The molecule has 3 aliphatic heterocycles. The van der Waals surface area contributed by atoms with Crippen molar-refractivity contribution in [1.82, 2.24) is 0 Å². The Labute approximate surface area is 146 Å². The van der Waals surface area contributed by atoms with Crippen LogP contribution in [0, 0.1) is 0 Å². The van der Waals surface area contributed by atoms with Gasteiger partial charge in [-0.3, -0.25) is 4.79 Å². The van der Waals surface area contributed by atoms with Gasteiger partial charge in [-0.25, -0.2) is 0 Å². The van der Waals surface area contributed by atoms with Crippen LogP contribution < -0.4 is 9.47 Å². The van der Waals surface area contributed by atoms with Gasteiger partial charge < -0.3 is 14.2 Å². The summed E-state index contributed by atoms with van der Waals surface area (Å²) in [7, 11) is 2.94. The fraction of sp³-hybridized carbons (Fsp3) is 0.167. The summed E-state index contributed by atoms with van der Waals surface area (Å²) in [6.45, 7) is 0.659. The number of benzene rings is 2. The van der Waals surface area contributed by atoms with Gasteiger partial charge in [-0.05, 0) is 35.1 Å². The van der Waals surface area contributed by atoms with Gasteiger partial charge in [-0.1, -0.05) is 35.1 Å². The lowest BCUT2D eigenvalue weighted by atomic mass is 10.0. The molecule has 0 amide bonds. The van der Waals surface area contributed by atoms with Crippen molar-refractivity contribution in [2.24, 2.45) is 0 Å². The standard InChI is InChI=1S/C18H12O4S2/c19-17-12-6-2-4-8-14(12)21-10-18(17)22-16-11-5-1-3-7-13(11)20-9-15(16)23-24-18/h1-8H,9-10H2. The molecule has 0 aliphatic carbocycles. The molecule has 0 saturated heterocycles. The highest BCUT2D eigenvalue weighted by atomic mass is 33.1. The largest absolute Gasteiger partial charge is 0.487 e. The Bertz CT molecular complexity index is 892. The van der Waals surface area contributed by atoms with E-state index in [1.165, 1.54) is 21.6 Å². The molecule has 0 N–H and O–H groups in total. The predicted molar refractivity (Wildman–Crippen MR) is 94.1 cm³/mol. The number of ether oxygens (including phenoxy) is 3. The van der Waals surface area contributed by atoms with Gasteiger partial charge in [0.2, 0.25) is 5.78 Å². The Balaban J connectivity index is 1.57. The number of ketones is 1. The van der Waals surface area contributed by atoms with Crippen molar-refractivity contribution in [2.75, 3.05) is 13.2 Å². The van der Waals surface area contributed by atoms with Gasteiger partial charge in [0, 0.05) is 0 Å². The Morgan fingerprint density at radius 2 is 1.62 bits per heavy atom. The van der Waals surface area contributed by atoms with E-state index in [0.717, 1.165) is 22.0 Å². The van der Waals surface area contributed by atoms with Crippen molar-refractivity contribution in [3.8, 4) is 11.5 Å². The number of Topliss-reactive ketones (excluding diaryl/α,β-unsaturated/α-hetero) is 1. The van der Waals surface area contributed by atoms with Crippen molar-refractivity contribution >= 4 is 33.1 Å². The average Bonchev–Trinajstić information content (AvgIpc) is 2.65. The molecule has 0 bridgehead atoms. The second-order valence-electron chi connectivity index (χ2n) is 5.67. The van der Waals surface area contributed by atoms with Crippen molar-refractivity contribution < 1.29 is 19.0 Å². The molecule has 0 fully saturated rings. The third-order valence-electron chi connectivity index (χ3n) is 4.18. The molecule has 6 heteroatoms. The third-order valence-corrected chi connectivity index (χ3v) is 7.09. The zero-order chi connectivity index (χ0) is 16.1. The molecule has 4 nitrogen and oxygen atoms in total.